The lowest BCUT2D eigenvalue weighted by Crippen LogP contribution is -2.60. The molecule has 1 fully saturated rings. The van der Waals surface area contributed by atoms with Crippen LogP contribution in [-0.2, 0) is 39.9 Å². The van der Waals surface area contributed by atoms with Gasteiger partial charge >= 0.3 is 11.9 Å². The molecule has 0 radical (unpaired) electrons. The Hall–Kier alpha value is -2.54. The average Bonchev–Trinajstić information content (AvgIpc) is 3.16. The van der Waals surface area contributed by atoms with Gasteiger partial charge in [0.1, 0.15) is 30.6 Å². The first-order chi connectivity index (χ1) is 14.6. The summed E-state index contributed by atoms with van der Waals surface area (Å²) in [5, 5.41) is 13.6. The van der Waals surface area contributed by atoms with Gasteiger partial charge < -0.3 is 24.8 Å². The molecule has 0 spiro atoms. The second kappa shape index (κ2) is 11.2. The van der Waals surface area contributed by atoms with E-state index in [-0.39, 0.29) is 30.3 Å². The summed E-state index contributed by atoms with van der Waals surface area (Å²) >= 11 is 3.06. The molecule has 1 aromatic heterocycles. The summed E-state index contributed by atoms with van der Waals surface area (Å²) in [6.07, 6.45) is -0.763. The molecule has 2 N–H and O–H groups in total. The molecule has 172 valence electrons. The Morgan fingerprint density at radius 2 is 1.94 bits per heavy atom. The molecule has 1 aliphatic rings. The zero-order valence-corrected chi connectivity index (χ0v) is 19.2. The molecular weight excluding hydrogens is 478 g/mol. The van der Waals surface area contributed by atoms with Crippen LogP contribution in [0.5, 0.6) is 0 Å². The number of ether oxygens (including phenoxy) is 3. The number of rotatable bonds is 8. The highest BCUT2D eigenvalue weighted by atomic mass is 79.9. The summed E-state index contributed by atoms with van der Waals surface area (Å²) in [4.78, 5) is 46.3. The van der Waals surface area contributed by atoms with E-state index in [9.17, 15) is 19.2 Å². The fourth-order valence-electron chi connectivity index (χ4n) is 3.22. The minimum Gasteiger partial charge on any atom is -0.463 e. The molecule has 5 atom stereocenters. The van der Waals surface area contributed by atoms with Crippen molar-refractivity contribution in [2.45, 2.75) is 58.7 Å². The van der Waals surface area contributed by atoms with Crippen LogP contribution in [0.3, 0.4) is 0 Å². The van der Waals surface area contributed by atoms with Gasteiger partial charge in [-0.05, 0) is 0 Å². The van der Waals surface area contributed by atoms with Crippen molar-refractivity contribution in [1.29, 1.82) is 0 Å². The number of esters is 2. The van der Waals surface area contributed by atoms with Crippen LogP contribution in [0.15, 0.2) is 6.20 Å². The van der Waals surface area contributed by atoms with Gasteiger partial charge in [-0.15, -0.1) is 5.10 Å². The van der Waals surface area contributed by atoms with Gasteiger partial charge in [-0.1, -0.05) is 28.1 Å². The first kappa shape index (κ1) is 24.7. The number of nitrogens with zero attached hydrogens (tertiary/aromatic N) is 3. The molecule has 1 aromatic rings. The molecule has 0 aliphatic carbocycles. The van der Waals surface area contributed by atoms with E-state index in [2.05, 4.69) is 36.9 Å². The average molecular weight is 504 g/mol. The second-order valence-electron chi connectivity index (χ2n) is 7.13. The number of nitrogens with one attached hydrogen (secondary N) is 2. The van der Waals surface area contributed by atoms with Gasteiger partial charge in [0, 0.05) is 26.7 Å². The standard InChI is InChI=1S/C18H26BrN5O7/c1-9-14(8-29-11(3)26)31-18(16(21-10(2)25)17(9)30-12(4)27)24-7-13(22-23-24)6-20-15(28)5-19/h7,9,14,16-18H,5-6,8H2,1-4H3,(H,20,28)(H,21,25)/t9-,14?,16?,17-,18+/m0/s1. The SMILES string of the molecule is CC(=O)NC1[C@@H](OC(C)=O)[C@@H](C)C(COC(C)=O)O[C@H]1n1cc(CNC(=O)CBr)nn1. The monoisotopic (exact) mass is 503 g/mol. The molecule has 2 rings (SSSR count). The van der Waals surface area contributed by atoms with Gasteiger partial charge in [-0.3, -0.25) is 19.2 Å². The first-order valence-electron chi connectivity index (χ1n) is 9.58. The summed E-state index contributed by atoms with van der Waals surface area (Å²) in [5.74, 6) is -1.99. The molecule has 0 bridgehead atoms. The van der Waals surface area contributed by atoms with Crippen LogP contribution in [0.25, 0.3) is 0 Å². The van der Waals surface area contributed by atoms with Crippen molar-refractivity contribution in [2.75, 3.05) is 11.9 Å². The summed E-state index contributed by atoms with van der Waals surface area (Å²) in [6.45, 7) is 5.72. The third kappa shape index (κ3) is 6.99. The van der Waals surface area contributed by atoms with E-state index in [1.165, 1.54) is 25.5 Å². The zero-order chi connectivity index (χ0) is 23.1. The highest BCUT2D eigenvalue weighted by molar-refractivity contribution is 9.09. The summed E-state index contributed by atoms with van der Waals surface area (Å²) < 4.78 is 18.1. The third-order valence-corrected chi connectivity index (χ3v) is 5.12. The normalized spacial score (nSPS) is 25.4. The predicted molar refractivity (Wildman–Crippen MR) is 109 cm³/mol. The van der Waals surface area contributed by atoms with Gasteiger partial charge in [0.15, 0.2) is 6.23 Å². The van der Waals surface area contributed by atoms with Gasteiger partial charge in [0.05, 0.1) is 18.1 Å². The maximum absolute atomic E-state index is 11.9. The van der Waals surface area contributed by atoms with Crippen LogP contribution in [0.1, 0.15) is 39.6 Å². The fourth-order valence-corrected chi connectivity index (χ4v) is 3.42. The first-order valence-corrected chi connectivity index (χ1v) is 10.7. The minimum atomic E-state index is -0.905. The molecule has 1 saturated heterocycles. The van der Waals surface area contributed by atoms with Gasteiger partial charge in [-0.2, -0.15) is 0 Å². The van der Waals surface area contributed by atoms with E-state index in [1.807, 2.05) is 0 Å². The largest absolute Gasteiger partial charge is 0.463 e. The number of alkyl halides is 1. The highest BCUT2D eigenvalue weighted by Crippen LogP contribution is 2.34. The van der Waals surface area contributed by atoms with Crippen molar-refractivity contribution in [1.82, 2.24) is 25.6 Å². The molecule has 0 saturated carbocycles. The Bertz CT molecular complexity index is 817. The van der Waals surface area contributed by atoms with Crippen LogP contribution >= 0.6 is 15.9 Å². The molecule has 2 unspecified atom stereocenters. The lowest BCUT2D eigenvalue weighted by Gasteiger charge is -2.44. The van der Waals surface area contributed by atoms with Crippen molar-refractivity contribution in [3.8, 4) is 0 Å². The van der Waals surface area contributed by atoms with E-state index < -0.39 is 42.3 Å². The van der Waals surface area contributed by atoms with Crippen LogP contribution in [0.4, 0.5) is 0 Å². The Labute approximate surface area is 187 Å². The predicted octanol–water partition coefficient (Wildman–Crippen LogP) is -0.178. The fraction of sp³-hybridized carbons (Fsp3) is 0.667. The van der Waals surface area contributed by atoms with E-state index in [0.29, 0.717) is 5.69 Å². The zero-order valence-electron chi connectivity index (χ0n) is 17.7. The minimum absolute atomic E-state index is 0.0690. The smallest absolute Gasteiger partial charge is 0.302 e. The van der Waals surface area contributed by atoms with Crippen LogP contribution in [0, 0.1) is 5.92 Å². The number of amides is 2. The molecule has 1 aliphatic heterocycles. The van der Waals surface area contributed by atoms with Crippen LogP contribution in [0.2, 0.25) is 0 Å². The summed E-state index contributed by atoms with van der Waals surface area (Å²) in [7, 11) is 0. The Morgan fingerprint density at radius 1 is 1.23 bits per heavy atom. The van der Waals surface area contributed by atoms with E-state index in [4.69, 9.17) is 14.2 Å². The van der Waals surface area contributed by atoms with Crippen molar-refractivity contribution in [2.24, 2.45) is 5.92 Å². The quantitative estimate of drug-likeness (QED) is 0.363. The Kier molecular flexibility index (Phi) is 8.92. The van der Waals surface area contributed by atoms with E-state index in [1.54, 1.807) is 13.1 Å². The molecule has 2 heterocycles. The Morgan fingerprint density at radius 3 is 2.52 bits per heavy atom. The van der Waals surface area contributed by atoms with Gasteiger partial charge in [-0.25, -0.2) is 4.68 Å². The number of carbonyl (C=O) groups is 4. The number of aromatic nitrogens is 3. The maximum Gasteiger partial charge on any atom is 0.302 e. The Balaban J connectivity index is 2.33. The number of halogens is 1. The van der Waals surface area contributed by atoms with Crippen molar-refractivity contribution in [3.05, 3.63) is 11.9 Å². The molecule has 0 aromatic carbocycles. The molecule has 12 nitrogen and oxygen atoms in total. The molecule has 31 heavy (non-hydrogen) atoms. The maximum atomic E-state index is 11.9. The van der Waals surface area contributed by atoms with E-state index in [0.717, 1.165) is 0 Å². The molecular formula is C18H26BrN5O7. The third-order valence-electron chi connectivity index (χ3n) is 4.61. The van der Waals surface area contributed by atoms with E-state index >= 15 is 0 Å². The molecule has 2 amide bonds. The lowest BCUT2D eigenvalue weighted by molar-refractivity contribution is -0.211. The second-order valence-corrected chi connectivity index (χ2v) is 7.69. The molecule has 13 heteroatoms. The number of hydrogen-bond donors (Lipinski definition) is 2. The summed E-state index contributed by atoms with van der Waals surface area (Å²) in [5.41, 5.74) is 0.457. The number of carbonyl (C=O) groups excluding carboxylic acids is 4. The lowest BCUT2D eigenvalue weighted by atomic mass is 9.88. The van der Waals surface area contributed by atoms with Crippen molar-refractivity contribution < 1.29 is 33.4 Å². The van der Waals surface area contributed by atoms with Gasteiger partial charge in [0.2, 0.25) is 11.8 Å². The summed E-state index contributed by atoms with van der Waals surface area (Å²) in [6, 6.07) is -0.781. The highest BCUT2D eigenvalue weighted by Gasteiger charge is 2.47. The van der Waals surface area contributed by atoms with Crippen molar-refractivity contribution >= 4 is 39.7 Å². The topological polar surface area (TPSA) is 151 Å². The van der Waals surface area contributed by atoms with Gasteiger partial charge in [0.25, 0.3) is 0 Å². The number of hydrogen-bond acceptors (Lipinski definition) is 9. The van der Waals surface area contributed by atoms with Crippen molar-refractivity contribution in [3.63, 3.8) is 0 Å². The van der Waals surface area contributed by atoms with Crippen LogP contribution in [-0.4, -0.2) is 68.9 Å². The van der Waals surface area contributed by atoms with Crippen LogP contribution < -0.4 is 10.6 Å².